The van der Waals surface area contributed by atoms with Gasteiger partial charge in [0.25, 0.3) is 0 Å². The number of hydrogen-bond acceptors (Lipinski definition) is 5. The van der Waals surface area contributed by atoms with Crippen molar-refractivity contribution in [2.24, 2.45) is 0 Å². The van der Waals surface area contributed by atoms with Gasteiger partial charge in [0, 0.05) is 30.7 Å². The minimum atomic E-state index is 0.348. The second-order valence-corrected chi connectivity index (χ2v) is 5.78. The molecular formula is C17H16BrN3O3. The number of likely N-dealkylation sites (N-methyl/N-ethyl adjacent to an activating group) is 1. The van der Waals surface area contributed by atoms with Crippen molar-refractivity contribution in [3.63, 3.8) is 0 Å². The third kappa shape index (κ3) is 4.31. The van der Waals surface area contributed by atoms with Crippen molar-refractivity contribution in [1.82, 2.24) is 4.98 Å². The van der Waals surface area contributed by atoms with Crippen molar-refractivity contribution >= 4 is 33.7 Å². The smallest absolute Gasteiger partial charge is 0.228 e. The summed E-state index contributed by atoms with van der Waals surface area (Å²) in [4.78, 5) is 20.7. The van der Waals surface area contributed by atoms with Crippen LogP contribution in [0.25, 0.3) is 4.85 Å². The van der Waals surface area contributed by atoms with E-state index in [1.807, 2.05) is 11.9 Å². The molecule has 1 aromatic heterocycles. The van der Waals surface area contributed by atoms with Gasteiger partial charge >= 0.3 is 0 Å². The third-order valence-electron chi connectivity index (χ3n) is 3.26. The molecule has 0 saturated carbocycles. The zero-order valence-corrected chi connectivity index (χ0v) is 14.9. The van der Waals surface area contributed by atoms with E-state index in [0.29, 0.717) is 46.3 Å². The zero-order valence-electron chi connectivity index (χ0n) is 13.3. The number of anilines is 1. The number of rotatable bonds is 7. The van der Waals surface area contributed by atoms with Gasteiger partial charge in [0.15, 0.2) is 6.29 Å². The van der Waals surface area contributed by atoms with Crippen LogP contribution < -0.4 is 9.64 Å². The standard InChI is InChI=1S/C17H16BrN3O3/c1-19-15-6-7-16(20-17(15)21(2)8-9-23-3)24-13-4-5-14(18)12(10-13)11-22/h4-7,10-11H,8-9H2,2-3H3. The summed E-state index contributed by atoms with van der Waals surface area (Å²) in [7, 11) is 3.46. The van der Waals surface area contributed by atoms with E-state index in [1.165, 1.54) is 0 Å². The molecule has 24 heavy (non-hydrogen) atoms. The lowest BCUT2D eigenvalue weighted by Crippen LogP contribution is -2.23. The Bertz CT molecular complexity index is 774. The second kappa shape index (κ2) is 8.43. The van der Waals surface area contributed by atoms with Crippen LogP contribution in [-0.4, -0.2) is 38.6 Å². The Morgan fingerprint density at radius 2 is 2.17 bits per heavy atom. The number of hydrogen-bond donors (Lipinski definition) is 0. The Morgan fingerprint density at radius 3 is 2.83 bits per heavy atom. The molecule has 0 saturated heterocycles. The first kappa shape index (κ1) is 17.9. The van der Waals surface area contributed by atoms with Crippen molar-refractivity contribution in [2.45, 2.75) is 0 Å². The van der Waals surface area contributed by atoms with Crippen molar-refractivity contribution in [3.8, 4) is 11.6 Å². The molecule has 0 fully saturated rings. The van der Waals surface area contributed by atoms with Gasteiger partial charge in [-0.25, -0.2) is 9.83 Å². The summed E-state index contributed by atoms with van der Waals surface area (Å²) in [6.45, 7) is 8.39. The molecule has 0 unspecified atom stereocenters. The molecule has 0 aliphatic carbocycles. The minimum Gasteiger partial charge on any atom is -0.439 e. The quantitative estimate of drug-likeness (QED) is 0.527. The summed E-state index contributed by atoms with van der Waals surface area (Å²) in [5.74, 6) is 1.36. The average Bonchev–Trinajstić information content (AvgIpc) is 2.61. The molecule has 2 rings (SSSR count). The fourth-order valence-electron chi connectivity index (χ4n) is 1.98. The summed E-state index contributed by atoms with van der Waals surface area (Å²) < 4.78 is 11.5. The molecule has 0 bridgehead atoms. The van der Waals surface area contributed by atoms with Crippen LogP contribution in [0.1, 0.15) is 10.4 Å². The maximum absolute atomic E-state index is 11.0. The van der Waals surface area contributed by atoms with Crippen LogP contribution in [0.15, 0.2) is 34.8 Å². The molecule has 1 heterocycles. The molecular weight excluding hydrogens is 374 g/mol. The number of halogens is 1. The molecule has 6 nitrogen and oxygen atoms in total. The normalized spacial score (nSPS) is 10.1. The molecule has 1 aromatic carbocycles. The van der Waals surface area contributed by atoms with E-state index >= 15 is 0 Å². The predicted octanol–water partition coefficient (Wildman–Crippen LogP) is 4.08. The third-order valence-corrected chi connectivity index (χ3v) is 3.98. The lowest BCUT2D eigenvalue weighted by atomic mass is 10.2. The Balaban J connectivity index is 2.28. The largest absolute Gasteiger partial charge is 0.439 e. The number of carbonyl (C=O) groups excluding carboxylic acids is 1. The molecule has 124 valence electrons. The Morgan fingerprint density at radius 1 is 1.38 bits per heavy atom. The van der Waals surface area contributed by atoms with Gasteiger partial charge in [-0.15, -0.1) is 0 Å². The average molecular weight is 390 g/mol. The summed E-state index contributed by atoms with van der Waals surface area (Å²) in [6, 6.07) is 8.38. The molecule has 0 radical (unpaired) electrons. The monoisotopic (exact) mass is 389 g/mol. The van der Waals surface area contributed by atoms with Crippen LogP contribution in [0.5, 0.6) is 11.6 Å². The number of benzene rings is 1. The number of nitrogens with zero attached hydrogens (tertiary/aromatic N) is 3. The molecule has 0 aliphatic heterocycles. The first-order valence-corrected chi connectivity index (χ1v) is 7.89. The van der Waals surface area contributed by atoms with Crippen LogP contribution >= 0.6 is 15.9 Å². The van der Waals surface area contributed by atoms with Gasteiger partial charge in [0.1, 0.15) is 11.6 Å². The van der Waals surface area contributed by atoms with E-state index in [0.717, 1.165) is 6.29 Å². The van der Waals surface area contributed by atoms with Gasteiger partial charge in [-0.3, -0.25) is 4.79 Å². The first-order valence-electron chi connectivity index (χ1n) is 7.10. The second-order valence-electron chi connectivity index (χ2n) is 4.92. The number of pyridine rings is 1. The summed E-state index contributed by atoms with van der Waals surface area (Å²) >= 11 is 3.30. The molecule has 0 amide bonds. The van der Waals surface area contributed by atoms with E-state index < -0.39 is 0 Å². The van der Waals surface area contributed by atoms with Crippen molar-refractivity contribution in [3.05, 3.63) is 51.8 Å². The Hall–Kier alpha value is -2.43. The molecule has 0 N–H and O–H groups in total. The van der Waals surface area contributed by atoms with Gasteiger partial charge in [-0.2, -0.15) is 0 Å². The maximum atomic E-state index is 11.0. The van der Waals surface area contributed by atoms with E-state index in [2.05, 4.69) is 25.8 Å². The van der Waals surface area contributed by atoms with Crippen LogP contribution in [0, 0.1) is 6.57 Å². The Labute approximate surface area is 149 Å². The van der Waals surface area contributed by atoms with Gasteiger partial charge in [-0.1, -0.05) is 15.9 Å². The van der Waals surface area contributed by atoms with Gasteiger partial charge in [0.2, 0.25) is 11.6 Å². The summed E-state index contributed by atoms with van der Waals surface area (Å²) in [5, 5.41) is 0. The lowest BCUT2D eigenvalue weighted by molar-refractivity contribution is 0.112. The van der Waals surface area contributed by atoms with E-state index in [1.54, 1.807) is 37.4 Å². The summed E-state index contributed by atoms with van der Waals surface area (Å²) in [6.07, 6.45) is 0.746. The van der Waals surface area contributed by atoms with Crippen molar-refractivity contribution in [2.75, 3.05) is 32.2 Å². The van der Waals surface area contributed by atoms with Crippen LogP contribution in [0.3, 0.4) is 0 Å². The molecule has 7 heteroatoms. The fraction of sp³-hybridized carbons (Fsp3) is 0.235. The number of ether oxygens (including phenoxy) is 2. The predicted molar refractivity (Wildman–Crippen MR) is 95.2 cm³/mol. The van der Waals surface area contributed by atoms with Gasteiger partial charge in [-0.05, 0) is 30.3 Å². The van der Waals surface area contributed by atoms with Crippen LogP contribution in [0.4, 0.5) is 11.5 Å². The first-order chi connectivity index (χ1) is 11.6. The topological polar surface area (TPSA) is 56.0 Å². The minimum absolute atomic E-state index is 0.348. The van der Waals surface area contributed by atoms with Crippen molar-refractivity contribution in [1.29, 1.82) is 0 Å². The van der Waals surface area contributed by atoms with E-state index in [-0.39, 0.29) is 0 Å². The van der Waals surface area contributed by atoms with Crippen LogP contribution in [0.2, 0.25) is 0 Å². The van der Waals surface area contributed by atoms with Gasteiger partial charge < -0.3 is 14.4 Å². The molecule has 0 atom stereocenters. The zero-order chi connectivity index (χ0) is 17.5. The molecule has 0 spiro atoms. The maximum Gasteiger partial charge on any atom is 0.228 e. The van der Waals surface area contributed by atoms with E-state index in [9.17, 15) is 4.79 Å². The highest BCUT2D eigenvalue weighted by Gasteiger charge is 2.12. The van der Waals surface area contributed by atoms with Crippen molar-refractivity contribution < 1.29 is 14.3 Å². The number of carbonyl (C=O) groups is 1. The van der Waals surface area contributed by atoms with E-state index in [4.69, 9.17) is 16.0 Å². The van der Waals surface area contributed by atoms with Gasteiger partial charge in [0.05, 0.1) is 13.2 Å². The fourth-order valence-corrected chi connectivity index (χ4v) is 2.32. The number of aromatic nitrogens is 1. The summed E-state index contributed by atoms with van der Waals surface area (Å²) in [5.41, 5.74) is 0.924. The van der Waals surface area contributed by atoms with Crippen LogP contribution in [-0.2, 0) is 4.74 Å². The highest BCUT2D eigenvalue weighted by atomic mass is 79.9. The molecule has 2 aromatic rings. The Kier molecular flexibility index (Phi) is 6.29. The number of aldehydes is 1. The highest BCUT2D eigenvalue weighted by Crippen LogP contribution is 2.31. The SMILES string of the molecule is [C-]#[N+]c1ccc(Oc2ccc(Br)c(C=O)c2)nc1N(C)CCOC. The highest BCUT2D eigenvalue weighted by molar-refractivity contribution is 9.10. The lowest BCUT2D eigenvalue weighted by Gasteiger charge is -2.19. The number of methoxy groups -OCH3 is 1. The molecule has 0 aliphatic rings.